The number of ether oxygens (including phenoxy) is 2. The second-order valence-corrected chi connectivity index (χ2v) is 7.77. The Bertz CT molecular complexity index is 1400. The lowest BCUT2D eigenvalue weighted by Crippen LogP contribution is -2.61. The van der Waals surface area contributed by atoms with Crippen LogP contribution in [0.3, 0.4) is 0 Å². The van der Waals surface area contributed by atoms with E-state index in [1.807, 2.05) is 0 Å². The molecule has 4 rings (SSSR count). The van der Waals surface area contributed by atoms with Gasteiger partial charge in [0.15, 0.2) is 40.4 Å². The molecule has 1 saturated heterocycles. The van der Waals surface area contributed by atoms with E-state index in [9.17, 15) is 60.7 Å². The molecule has 5 atom stereocenters. The summed E-state index contributed by atoms with van der Waals surface area (Å²) in [4.78, 5) is 24.2. The molecule has 5 unspecified atom stereocenters. The summed E-state index contributed by atoms with van der Waals surface area (Å²) in [6, 6.07) is 2.19. The number of hydrogen-bond donors (Lipinski definition) is 10. The first kappa shape index (κ1) is 24.7. The number of rotatable bonds is 4. The zero-order valence-electron chi connectivity index (χ0n) is 17.6. The predicted molar refractivity (Wildman–Crippen MR) is 113 cm³/mol. The maximum atomic E-state index is 12.8. The van der Waals surface area contributed by atoms with Crippen LogP contribution in [0, 0.1) is 0 Å². The minimum atomic E-state index is -2.08. The van der Waals surface area contributed by atoms with Gasteiger partial charge in [-0.15, -0.1) is 0 Å². The summed E-state index contributed by atoms with van der Waals surface area (Å²) in [7, 11) is 0. The molecule has 2 heterocycles. The summed E-state index contributed by atoms with van der Waals surface area (Å²) in [6.45, 7) is 0. The van der Waals surface area contributed by atoms with Crippen LogP contribution in [-0.4, -0.2) is 87.7 Å². The molecule has 0 aliphatic carbocycles. The van der Waals surface area contributed by atoms with Crippen LogP contribution < -0.4 is 10.2 Å². The summed E-state index contributed by atoms with van der Waals surface area (Å²) in [5.74, 6) is -8.91. The number of aliphatic carboxylic acids is 1. The van der Waals surface area contributed by atoms with E-state index in [1.165, 1.54) is 0 Å². The van der Waals surface area contributed by atoms with E-state index in [4.69, 9.17) is 13.9 Å². The van der Waals surface area contributed by atoms with Gasteiger partial charge in [-0.05, 0) is 12.1 Å². The SMILES string of the molecule is O=C(O)C1OC(Oc2c(O)cc(O)c3c(=O)c(O)c(-c4cc(O)c(O)c(O)c4)oc23)C(O)C(O)C1O. The number of hydrogen-bond acceptors (Lipinski definition) is 14. The summed E-state index contributed by atoms with van der Waals surface area (Å²) >= 11 is 0. The van der Waals surface area contributed by atoms with Crippen molar-refractivity contribution in [3.63, 3.8) is 0 Å². The van der Waals surface area contributed by atoms with Crippen molar-refractivity contribution in [3.05, 3.63) is 28.4 Å². The third-order valence-corrected chi connectivity index (χ3v) is 5.44. The molecule has 2 aromatic carbocycles. The Morgan fingerprint density at radius 1 is 0.806 bits per heavy atom. The van der Waals surface area contributed by atoms with Crippen LogP contribution in [0.5, 0.6) is 40.2 Å². The summed E-state index contributed by atoms with van der Waals surface area (Å²) in [6.07, 6.45) is -10.3. The number of phenolic OH excluding ortho intramolecular Hbond substituents is 5. The molecule has 0 bridgehead atoms. The van der Waals surface area contributed by atoms with E-state index < -0.39 is 99.1 Å². The first-order chi connectivity index (χ1) is 16.8. The maximum Gasteiger partial charge on any atom is 0.335 e. The van der Waals surface area contributed by atoms with Gasteiger partial charge >= 0.3 is 5.97 Å². The molecular formula is C21H18O15. The first-order valence-electron chi connectivity index (χ1n) is 9.92. The average Bonchev–Trinajstić information content (AvgIpc) is 2.81. The number of benzene rings is 2. The van der Waals surface area contributed by atoms with Crippen LogP contribution in [-0.2, 0) is 9.53 Å². The molecule has 10 N–H and O–H groups in total. The van der Waals surface area contributed by atoms with Crippen LogP contribution in [0.25, 0.3) is 22.3 Å². The van der Waals surface area contributed by atoms with Gasteiger partial charge in [0.05, 0.1) is 0 Å². The molecule has 0 amide bonds. The van der Waals surface area contributed by atoms with Gasteiger partial charge in [0, 0.05) is 11.6 Å². The highest BCUT2D eigenvalue weighted by atomic mass is 16.7. The van der Waals surface area contributed by atoms with Crippen molar-refractivity contribution in [2.45, 2.75) is 30.7 Å². The van der Waals surface area contributed by atoms with Crippen molar-refractivity contribution in [1.29, 1.82) is 0 Å². The second kappa shape index (κ2) is 8.65. The molecule has 36 heavy (non-hydrogen) atoms. The van der Waals surface area contributed by atoms with Crippen molar-refractivity contribution in [1.82, 2.24) is 0 Å². The second-order valence-electron chi connectivity index (χ2n) is 7.77. The number of phenols is 5. The molecule has 1 aliphatic rings. The van der Waals surface area contributed by atoms with E-state index >= 15 is 0 Å². The summed E-state index contributed by atoms with van der Waals surface area (Å²) in [5, 5.41) is 98.4. The first-order valence-corrected chi connectivity index (χ1v) is 9.92. The Balaban J connectivity index is 1.91. The Kier molecular flexibility index (Phi) is 5.93. The monoisotopic (exact) mass is 510 g/mol. The number of carboxylic acid groups (broad SMARTS) is 1. The molecule has 1 aromatic heterocycles. The van der Waals surface area contributed by atoms with Crippen molar-refractivity contribution in [3.8, 4) is 51.6 Å². The Labute approximate surface area is 198 Å². The van der Waals surface area contributed by atoms with Crippen LogP contribution in [0.2, 0.25) is 0 Å². The largest absolute Gasteiger partial charge is 0.507 e. The topological polar surface area (TPSA) is 268 Å². The van der Waals surface area contributed by atoms with Gasteiger partial charge in [0.1, 0.15) is 29.4 Å². The fourth-order valence-electron chi connectivity index (χ4n) is 3.61. The third-order valence-electron chi connectivity index (χ3n) is 5.44. The minimum absolute atomic E-state index is 0.355. The van der Waals surface area contributed by atoms with Crippen molar-refractivity contribution < 1.29 is 69.8 Å². The lowest BCUT2D eigenvalue weighted by atomic mass is 9.99. The van der Waals surface area contributed by atoms with Crippen molar-refractivity contribution in [2.75, 3.05) is 0 Å². The zero-order chi connectivity index (χ0) is 26.6. The maximum absolute atomic E-state index is 12.8. The van der Waals surface area contributed by atoms with Gasteiger partial charge in [0.25, 0.3) is 0 Å². The molecule has 0 saturated carbocycles. The van der Waals surface area contributed by atoms with E-state index in [0.29, 0.717) is 6.07 Å². The number of aromatic hydroxyl groups is 6. The third kappa shape index (κ3) is 3.81. The standard InChI is InChI=1S/C21H18O15/c22-5-3-8(25)17(35-21-15(31)12(28)14(30)19(36-21)20(32)33)18-9(5)11(27)13(29)16(34-18)4-1-6(23)10(26)7(24)2-4/h1-3,12,14-15,19,21-26,28-31H,(H,32,33). The Hall–Kier alpha value is -4.44. The lowest BCUT2D eigenvalue weighted by Gasteiger charge is -2.38. The van der Waals surface area contributed by atoms with Crippen LogP contribution in [0.4, 0.5) is 0 Å². The molecular weight excluding hydrogens is 492 g/mol. The molecule has 1 aliphatic heterocycles. The van der Waals surface area contributed by atoms with Crippen molar-refractivity contribution >= 4 is 16.9 Å². The van der Waals surface area contributed by atoms with Gasteiger partial charge < -0.3 is 65.0 Å². The van der Waals surface area contributed by atoms with E-state index in [1.54, 1.807) is 0 Å². The Morgan fingerprint density at radius 2 is 1.42 bits per heavy atom. The van der Waals surface area contributed by atoms with Gasteiger partial charge in [0.2, 0.25) is 23.2 Å². The van der Waals surface area contributed by atoms with E-state index in [2.05, 4.69) is 0 Å². The zero-order valence-corrected chi connectivity index (χ0v) is 17.6. The molecule has 15 nitrogen and oxygen atoms in total. The molecule has 0 radical (unpaired) electrons. The van der Waals surface area contributed by atoms with Gasteiger partial charge in [-0.25, -0.2) is 4.79 Å². The highest BCUT2D eigenvalue weighted by Crippen LogP contribution is 2.46. The number of fused-ring (bicyclic) bond motifs is 1. The molecule has 0 spiro atoms. The van der Waals surface area contributed by atoms with Crippen molar-refractivity contribution in [2.24, 2.45) is 0 Å². The normalized spacial score (nSPS) is 24.0. The fraction of sp³-hybridized carbons (Fsp3) is 0.238. The smallest absolute Gasteiger partial charge is 0.335 e. The lowest BCUT2D eigenvalue weighted by molar-refractivity contribution is -0.271. The van der Waals surface area contributed by atoms with E-state index in [0.717, 1.165) is 12.1 Å². The molecule has 15 heteroatoms. The minimum Gasteiger partial charge on any atom is -0.507 e. The fourth-order valence-corrected chi connectivity index (χ4v) is 3.61. The highest BCUT2D eigenvalue weighted by Gasteiger charge is 2.48. The molecule has 3 aromatic rings. The molecule has 192 valence electrons. The van der Waals surface area contributed by atoms with Gasteiger partial charge in [-0.2, -0.15) is 0 Å². The van der Waals surface area contributed by atoms with Crippen LogP contribution >= 0.6 is 0 Å². The van der Waals surface area contributed by atoms with Gasteiger partial charge in [-0.3, -0.25) is 4.79 Å². The quantitative estimate of drug-likeness (QED) is 0.188. The number of carbonyl (C=O) groups is 1. The van der Waals surface area contributed by atoms with E-state index in [-0.39, 0.29) is 5.56 Å². The number of aliphatic hydroxyl groups is 3. The Morgan fingerprint density at radius 3 is 2.00 bits per heavy atom. The summed E-state index contributed by atoms with van der Waals surface area (Å²) in [5.41, 5.74) is -2.42. The predicted octanol–water partition coefficient (Wildman–Crippen LogP) is -1.04. The van der Waals surface area contributed by atoms with Crippen LogP contribution in [0.1, 0.15) is 0 Å². The molecule has 1 fully saturated rings. The summed E-state index contributed by atoms with van der Waals surface area (Å²) < 4.78 is 15.7. The van der Waals surface area contributed by atoms with Crippen LogP contribution in [0.15, 0.2) is 27.4 Å². The number of carboxylic acids is 1. The number of aliphatic hydroxyl groups excluding tert-OH is 3. The average molecular weight is 510 g/mol. The highest BCUT2D eigenvalue weighted by molar-refractivity contribution is 5.93. The van der Waals surface area contributed by atoms with Gasteiger partial charge in [-0.1, -0.05) is 0 Å².